The Balaban J connectivity index is 1.56. The number of oxime groups is 1. The van der Waals surface area contributed by atoms with Gasteiger partial charge in [-0.25, -0.2) is 9.78 Å². The number of hydrogen-bond donors (Lipinski definition) is 3. The summed E-state index contributed by atoms with van der Waals surface area (Å²) in [5.41, 5.74) is 5.56. The molecule has 1 aromatic heterocycles. The second-order valence-corrected chi connectivity index (χ2v) is 9.36. The van der Waals surface area contributed by atoms with Crippen molar-refractivity contribution in [1.82, 2.24) is 15.2 Å². The van der Waals surface area contributed by atoms with E-state index < -0.39 is 34.8 Å². The molecule has 0 radical (unpaired) electrons. The highest BCUT2D eigenvalue weighted by Gasteiger charge is 2.56. The molecule has 11 nitrogen and oxygen atoms in total. The van der Waals surface area contributed by atoms with Crippen LogP contribution < -0.4 is 11.1 Å². The number of nitrogen functional groups attached to an aromatic ring is 1. The maximum Gasteiger partial charge on any atom is 0.352 e. The molecule has 3 aliphatic heterocycles. The molecule has 4 rings (SSSR count). The molecule has 4 N–H and O–H groups in total. The maximum absolute atomic E-state index is 12.9. The molecular weight excluding hydrogens is 446 g/mol. The molecule has 0 saturated carbocycles. The van der Waals surface area contributed by atoms with Gasteiger partial charge in [0.2, 0.25) is 0 Å². The zero-order chi connectivity index (χ0) is 22.3. The van der Waals surface area contributed by atoms with Gasteiger partial charge in [-0.2, -0.15) is 0 Å². The Labute approximate surface area is 185 Å². The first kappa shape index (κ1) is 21.6. The number of rotatable bonds is 6. The molecule has 31 heavy (non-hydrogen) atoms. The first-order valence-electron chi connectivity index (χ1n) is 9.46. The molecule has 166 valence electrons. The van der Waals surface area contributed by atoms with Crippen LogP contribution in [0, 0.1) is 0 Å². The van der Waals surface area contributed by atoms with Crippen LogP contribution in [0.1, 0.15) is 25.5 Å². The average Bonchev–Trinajstić information content (AvgIpc) is 3.37. The molecule has 0 spiro atoms. The van der Waals surface area contributed by atoms with Gasteiger partial charge in [-0.3, -0.25) is 14.5 Å². The number of carbonyl (C=O) groups is 3. The molecule has 3 atom stereocenters. The third kappa shape index (κ3) is 3.66. The highest BCUT2D eigenvalue weighted by atomic mass is 32.2. The van der Waals surface area contributed by atoms with Crippen molar-refractivity contribution < 1.29 is 29.1 Å². The molecule has 3 aliphatic rings. The summed E-state index contributed by atoms with van der Waals surface area (Å²) in [5, 5.41) is 17.4. The summed E-state index contributed by atoms with van der Waals surface area (Å²) >= 11 is 2.53. The van der Waals surface area contributed by atoms with Crippen LogP contribution in [0.25, 0.3) is 0 Å². The number of nitrogens with one attached hydrogen (secondary N) is 1. The van der Waals surface area contributed by atoms with E-state index in [1.54, 1.807) is 5.38 Å². The van der Waals surface area contributed by atoms with Gasteiger partial charge in [-0.15, -0.1) is 23.1 Å². The Kier molecular flexibility index (Phi) is 5.66. The van der Waals surface area contributed by atoms with Crippen molar-refractivity contribution in [1.29, 1.82) is 0 Å². The summed E-state index contributed by atoms with van der Waals surface area (Å²) in [5.74, 6) is -1.96. The first-order valence-corrected chi connectivity index (χ1v) is 11.4. The van der Waals surface area contributed by atoms with Gasteiger partial charge >= 0.3 is 5.97 Å². The minimum Gasteiger partial charge on any atom is -0.477 e. The predicted molar refractivity (Wildman–Crippen MR) is 113 cm³/mol. The Morgan fingerprint density at radius 1 is 1.52 bits per heavy atom. The standard InChI is InChI=1S/C18H21N5O6S2/c1-18(4-3-5-29-18)8-6-30-15-11(14(25)23(15)12(8)16(26)27)21-13(24)10(22-28-2)9-7-31-17(19)20-9/h7,11,15H,3-6H2,1-2H3,(H2,19,20)(H,21,24)(H,26,27)/b22-10-/t11-,15-,18?/m1/s1. The molecule has 0 bridgehead atoms. The number of aromatic nitrogens is 1. The van der Waals surface area contributed by atoms with Crippen LogP contribution in [0.3, 0.4) is 0 Å². The molecule has 2 saturated heterocycles. The quantitative estimate of drug-likeness (QED) is 0.306. The van der Waals surface area contributed by atoms with Gasteiger partial charge in [0.1, 0.15) is 29.9 Å². The number of β-lactam (4-membered cyclic amide) rings is 1. The molecular formula is C18H21N5O6S2. The molecule has 2 amide bonds. The zero-order valence-electron chi connectivity index (χ0n) is 16.8. The van der Waals surface area contributed by atoms with Crippen molar-refractivity contribution in [2.24, 2.45) is 5.16 Å². The second kappa shape index (κ2) is 8.13. The minimum atomic E-state index is -1.19. The predicted octanol–water partition coefficient (Wildman–Crippen LogP) is 0.384. The lowest BCUT2D eigenvalue weighted by Gasteiger charge is -2.50. The number of thiazole rings is 1. The smallest absolute Gasteiger partial charge is 0.352 e. The highest BCUT2D eigenvalue weighted by molar-refractivity contribution is 8.00. The highest BCUT2D eigenvalue weighted by Crippen LogP contribution is 2.46. The van der Waals surface area contributed by atoms with Gasteiger partial charge in [0.05, 0.1) is 5.60 Å². The van der Waals surface area contributed by atoms with E-state index in [0.717, 1.165) is 17.8 Å². The van der Waals surface area contributed by atoms with E-state index in [1.807, 2.05) is 6.92 Å². The number of nitrogens with two attached hydrogens (primary N) is 1. The fourth-order valence-electron chi connectivity index (χ4n) is 3.94. The molecule has 0 aliphatic carbocycles. The Morgan fingerprint density at radius 2 is 2.29 bits per heavy atom. The van der Waals surface area contributed by atoms with E-state index in [1.165, 1.54) is 23.8 Å². The van der Waals surface area contributed by atoms with Crippen LogP contribution in [0.2, 0.25) is 0 Å². The number of ether oxygens (including phenoxy) is 1. The fourth-order valence-corrected chi connectivity index (χ4v) is 6.00. The number of anilines is 1. The molecule has 1 aromatic rings. The maximum atomic E-state index is 12.9. The van der Waals surface area contributed by atoms with Crippen molar-refractivity contribution in [2.45, 2.75) is 36.8 Å². The monoisotopic (exact) mass is 467 g/mol. The Hall–Kier alpha value is -2.64. The number of hydrogen-bond acceptors (Lipinski definition) is 10. The average molecular weight is 468 g/mol. The molecule has 4 heterocycles. The van der Waals surface area contributed by atoms with Crippen LogP contribution in [-0.4, -0.2) is 75.0 Å². The van der Waals surface area contributed by atoms with Gasteiger partial charge in [0.25, 0.3) is 11.8 Å². The van der Waals surface area contributed by atoms with Crippen LogP contribution in [0.5, 0.6) is 0 Å². The largest absolute Gasteiger partial charge is 0.477 e. The lowest BCUT2D eigenvalue weighted by molar-refractivity contribution is -0.150. The van der Waals surface area contributed by atoms with Crippen molar-refractivity contribution >= 4 is 51.7 Å². The van der Waals surface area contributed by atoms with Gasteiger partial charge in [0.15, 0.2) is 10.8 Å². The van der Waals surface area contributed by atoms with Gasteiger partial charge in [-0.05, 0) is 19.8 Å². The third-order valence-electron chi connectivity index (χ3n) is 5.48. The lowest BCUT2D eigenvalue weighted by Crippen LogP contribution is -2.71. The van der Waals surface area contributed by atoms with E-state index in [9.17, 15) is 19.5 Å². The number of thioether (sulfide) groups is 1. The number of amides is 2. The van der Waals surface area contributed by atoms with Crippen LogP contribution in [0.15, 0.2) is 21.8 Å². The summed E-state index contributed by atoms with van der Waals surface area (Å²) in [6, 6.07) is -0.899. The fraction of sp³-hybridized carbons (Fsp3) is 0.500. The minimum absolute atomic E-state index is 0.0540. The summed E-state index contributed by atoms with van der Waals surface area (Å²) in [7, 11) is 1.29. The van der Waals surface area contributed by atoms with Gasteiger partial charge in [0, 0.05) is 23.3 Å². The number of fused-ring (bicyclic) bond motifs is 1. The second-order valence-electron chi connectivity index (χ2n) is 7.37. The summed E-state index contributed by atoms with van der Waals surface area (Å²) in [6.45, 7) is 2.41. The molecule has 13 heteroatoms. The van der Waals surface area contributed by atoms with Crippen LogP contribution in [0.4, 0.5) is 5.13 Å². The molecule has 0 aromatic carbocycles. The number of carboxylic acid groups (broad SMARTS) is 1. The van der Waals surface area contributed by atoms with Crippen LogP contribution >= 0.6 is 23.1 Å². The van der Waals surface area contributed by atoms with Crippen molar-refractivity contribution in [3.05, 3.63) is 22.3 Å². The molecule has 1 unspecified atom stereocenters. The topological polar surface area (TPSA) is 156 Å². The van der Waals surface area contributed by atoms with E-state index in [-0.39, 0.29) is 22.2 Å². The van der Waals surface area contributed by atoms with Gasteiger partial charge < -0.3 is 25.7 Å². The number of aliphatic carboxylic acids is 1. The van der Waals surface area contributed by atoms with Crippen molar-refractivity contribution in [3.63, 3.8) is 0 Å². The van der Waals surface area contributed by atoms with Crippen molar-refractivity contribution in [3.8, 4) is 0 Å². The van der Waals surface area contributed by atoms with E-state index in [0.29, 0.717) is 24.4 Å². The lowest BCUT2D eigenvalue weighted by atomic mass is 9.89. The number of nitrogens with zero attached hydrogens (tertiary/aromatic N) is 3. The Morgan fingerprint density at radius 3 is 2.87 bits per heavy atom. The Bertz CT molecular complexity index is 999. The van der Waals surface area contributed by atoms with E-state index in [2.05, 4.69) is 15.5 Å². The zero-order valence-corrected chi connectivity index (χ0v) is 18.4. The SMILES string of the molecule is CO/N=C(\C(=O)N[C@@H]1C(=O)N2C(C(=O)O)=C(C3(C)CCCO3)CS[C@H]12)c1csc(N)n1. The number of carbonyl (C=O) groups excluding carboxylic acids is 2. The third-order valence-corrected chi connectivity index (χ3v) is 7.43. The van der Waals surface area contributed by atoms with Crippen molar-refractivity contribution in [2.75, 3.05) is 25.2 Å². The normalized spacial score (nSPS) is 28.3. The van der Waals surface area contributed by atoms with E-state index >= 15 is 0 Å². The van der Waals surface area contributed by atoms with Gasteiger partial charge in [-0.1, -0.05) is 5.16 Å². The number of carboxylic acids is 1. The van der Waals surface area contributed by atoms with E-state index in [4.69, 9.17) is 15.3 Å². The first-order chi connectivity index (χ1) is 14.8. The summed E-state index contributed by atoms with van der Waals surface area (Å²) in [6.07, 6.45) is 1.52. The molecule has 2 fully saturated rings. The summed E-state index contributed by atoms with van der Waals surface area (Å²) in [4.78, 5) is 47.7. The van der Waals surface area contributed by atoms with Crippen LogP contribution in [-0.2, 0) is 24.0 Å². The summed E-state index contributed by atoms with van der Waals surface area (Å²) < 4.78 is 5.82.